The van der Waals surface area contributed by atoms with Crippen molar-refractivity contribution in [1.29, 1.82) is 0 Å². The first kappa shape index (κ1) is 18.7. The minimum atomic E-state index is -1.01. The minimum absolute atomic E-state index is 0.00124. The minimum Gasteiger partial charge on any atom is -0.504 e. The molecule has 1 amide bonds. The highest BCUT2D eigenvalue weighted by Crippen LogP contribution is 2.37. The molecule has 0 fully saturated rings. The van der Waals surface area contributed by atoms with Gasteiger partial charge in [0.15, 0.2) is 11.5 Å². The lowest BCUT2D eigenvalue weighted by molar-refractivity contribution is -0.137. The normalized spacial score (nSPS) is 18.6. The fraction of sp³-hybridized carbons (Fsp3) is 0.263. The first-order chi connectivity index (χ1) is 12.8. The van der Waals surface area contributed by atoms with Crippen LogP contribution in [0.1, 0.15) is 29.2 Å². The third kappa shape index (κ3) is 4.17. The maximum atomic E-state index is 13.3. The van der Waals surface area contributed by atoms with Gasteiger partial charge in [-0.25, -0.2) is 4.39 Å². The molecule has 2 aromatic rings. The molecule has 2 aromatic carbocycles. The van der Waals surface area contributed by atoms with E-state index in [2.05, 4.69) is 10.6 Å². The Labute approximate surface area is 154 Å². The average molecular weight is 374 g/mol. The van der Waals surface area contributed by atoms with Crippen molar-refractivity contribution in [1.82, 2.24) is 10.6 Å². The number of carbonyl (C=O) groups is 2. The zero-order valence-corrected chi connectivity index (χ0v) is 14.3. The Morgan fingerprint density at radius 1 is 1.15 bits per heavy atom. The van der Waals surface area contributed by atoms with Gasteiger partial charge in [-0.1, -0.05) is 12.1 Å². The molecular formula is C19H19FN2O5. The molecule has 0 unspecified atom stereocenters. The Bertz CT molecular complexity index is 869. The van der Waals surface area contributed by atoms with Crippen molar-refractivity contribution < 1.29 is 29.3 Å². The van der Waals surface area contributed by atoms with Crippen LogP contribution in [-0.4, -0.2) is 39.8 Å². The van der Waals surface area contributed by atoms with Gasteiger partial charge in [0.05, 0.1) is 18.5 Å². The van der Waals surface area contributed by atoms with Gasteiger partial charge in [-0.2, -0.15) is 0 Å². The second-order valence-electron chi connectivity index (χ2n) is 6.38. The first-order valence-electron chi connectivity index (χ1n) is 8.41. The van der Waals surface area contributed by atoms with E-state index in [0.717, 1.165) is 0 Å². The fourth-order valence-electron chi connectivity index (χ4n) is 3.17. The third-order valence-electron chi connectivity index (χ3n) is 4.50. The lowest BCUT2D eigenvalue weighted by Crippen LogP contribution is -2.50. The zero-order chi connectivity index (χ0) is 19.6. The summed E-state index contributed by atoms with van der Waals surface area (Å²) in [4.78, 5) is 23.0. The van der Waals surface area contributed by atoms with Crippen LogP contribution in [0, 0.1) is 5.82 Å². The number of phenolic OH excluding ortho intramolecular Hbond substituents is 2. The third-order valence-corrected chi connectivity index (χ3v) is 4.50. The van der Waals surface area contributed by atoms with Crippen LogP contribution in [0.25, 0.3) is 0 Å². The number of aliphatic carboxylic acids is 1. The van der Waals surface area contributed by atoms with Gasteiger partial charge in [0.1, 0.15) is 5.82 Å². The van der Waals surface area contributed by atoms with Crippen molar-refractivity contribution in [3.05, 3.63) is 58.9 Å². The molecule has 1 heterocycles. The zero-order valence-electron chi connectivity index (χ0n) is 14.3. The van der Waals surface area contributed by atoms with Crippen LogP contribution in [-0.2, 0) is 16.0 Å². The average Bonchev–Trinajstić information content (AvgIpc) is 2.62. The van der Waals surface area contributed by atoms with Crippen molar-refractivity contribution in [2.75, 3.05) is 6.54 Å². The highest BCUT2D eigenvalue weighted by Gasteiger charge is 2.32. The van der Waals surface area contributed by atoms with Gasteiger partial charge in [0.25, 0.3) is 0 Å². The predicted octanol–water partition coefficient (Wildman–Crippen LogP) is 1.43. The first-order valence-corrected chi connectivity index (χ1v) is 8.41. The standard InChI is InChI=1S/C19H19FN2O5/c20-12-3-1-10(2-4-12)18-13-9-16(24)15(23)8-11(13)7-14(22-18)19(27)21-6-5-17(25)26/h1-4,8-9,14,18,22-24H,5-7H2,(H,21,27)(H,25,26)/t14-,18+/m0/s1. The smallest absolute Gasteiger partial charge is 0.305 e. The second kappa shape index (κ2) is 7.63. The Morgan fingerprint density at radius 2 is 1.81 bits per heavy atom. The number of carboxylic acid groups (broad SMARTS) is 1. The predicted molar refractivity (Wildman–Crippen MR) is 93.9 cm³/mol. The monoisotopic (exact) mass is 374 g/mol. The van der Waals surface area contributed by atoms with Crippen molar-refractivity contribution in [3.8, 4) is 11.5 Å². The van der Waals surface area contributed by atoms with E-state index in [-0.39, 0.29) is 36.8 Å². The van der Waals surface area contributed by atoms with Gasteiger partial charge in [0.2, 0.25) is 5.91 Å². The molecule has 5 N–H and O–H groups in total. The van der Waals surface area contributed by atoms with Gasteiger partial charge >= 0.3 is 5.97 Å². The Balaban J connectivity index is 1.90. The van der Waals surface area contributed by atoms with Crippen LogP contribution >= 0.6 is 0 Å². The van der Waals surface area contributed by atoms with Crippen molar-refractivity contribution in [2.24, 2.45) is 0 Å². The number of aromatic hydroxyl groups is 2. The van der Waals surface area contributed by atoms with Crippen LogP contribution in [0.4, 0.5) is 4.39 Å². The SMILES string of the molecule is O=C(O)CCNC(=O)[C@@H]1Cc2cc(O)c(O)cc2[C@@H](c2ccc(F)cc2)N1. The molecule has 1 aliphatic heterocycles. The molecule has 7 nitrogen and oxygen atoms in total. The highest BCUT2D eigenvalue weighted by molar-refractivity contribution is 5.83. The van der Waals surface area contributed by atoms with Crippen LogP contribution in [0.3, 0.4) is 0 Å². The molecule has 0 radical (unpaired) electrons. The number of carboxylic acids is 1. The number of benzene rings is 2. The van der Waals surface area contributed by atoms with Crippen molar-refractivity contribution in [2.45, 2.75) is 24.9 Å². The number of phenols is 2. The number of hydrogen-bond acceptors (Lipinski definition) is 5. The Hall–Kier alpha value is -3.13. The summed E-state index contributed by atoms with van der Waals surface area (Å²) < 4.78 is 13.3. The van der Waals surface area contributed by atoms with Crippen LogP contribution in [0.5, 0.6) is 11.5 Å². The molecule has 142 valence electrons. The summed E-state index contributed by atoms with van der Waals surface area (Å²) in [5.74, 6) is -2.36. The molecule has 0 aliphatic carbocycles. The second-order valence-corrected chi connectivity index (χ2v) is 6.38. The van der Waals surface area contributed by atoms with E-state index in [1.54, 1.807) is 12.1 Å². The summed E-state index contributed by atoms with van der Waals surface area (Å²) in [6.07, 6.45) is 0.0604. The van der Waals surface area contributed by atoms with E-state index in [9.17, 15) is 24.2 Å². The number of fused-ring (bicyclic) bond motifs is 1. The summed E-state index contributed by atoms with van der Waals surface area (Å²) in [6, 6.07) is 7.39. The molecule has 3 rings (SSSR count). The number of halogens is 1. The molecule has 1 aliphatic rings. The summed E-state index contributed by atoms with van der Waals surface area (Å²) in [5.41, 5.74) is 2.02. The molecule has 27 heavy (non-hydrogen) atoms. The van der Waals surface area contributed by atoms with Crippen molar-refractivity contribution in [3.63, 3.8) is 0 Å². The number of rotatable bonds is 5. The lowest BCUT2D eigenvalue weighted by atomic mass is 9.86. The maximum Gasteiger partial charge on any atom is 0.305 e. The molecule has 8 heteroatoms. The molecule has 0 saturated carbocycles. The van der Waals surface area contributed by atoms with Gasteiger partial charge in [-0.05, 0) is 47.4 Å². The molecule has 2 atom stereocenters. The molecule has 0 bridgehead atoms. The lowest BCUT2D eigenvalue weighted by Gasteiger charge is -2.33. The number of carbonyl (C=O) groups excluding carboxylic acids is 1. The highest BCUT2D eigenvalue weighted by atomic mass is 19.1. The van der Waals surface area contributed by atoms with Gasteiger partial charge < -0.3 is 20.6 Å². The summed E-state index contributed by atoms with van der Waals surface area (Å²) >= 11 is 0. The topological polar surface area (TPSA) is 119 Å². The largest absolute Gasteiger partial charge is 0.504 e. The summed E-state index contributed by atoms with van der Waals surface area (Å²) in [5, 5.41) is 34.1. The van der Waals surface area contributed by atoms with Crippen LogP contribution in [0.15, 0.2) is 36.4 Å². The fourth-order valence-corrected chi connectivity index (χ4v) is 3.17. The van der Waals surface area contributed by atoms with Crippen molar-refractivity contribution >= 4 is 11.9 Å². The van der Waals surface area contributed by atoms with E-state index in [1.807, 2.05) is 0 Å². The Kier molecular flexibility index (Phi) is 5.27. The molecular weight excluding hydrogens is 355 g/mol. The van der Waals surface area contributed by atoms with Gasteiger partial charge in [-0.3, -0.25) is 14.9 Å². The number of amides is 1. The van der Waals surface area contributed by atoms with E-state index < -0.39 is 23.9 Å². The summed E-state index contributed by atoms with van der Waals surface area (Å²) in [7, 11) is 0. The molecule has 0 aromatic heterocycles. The van der Waals surface area contributed by atoms with E-state index in [4.69, 9.17) is 5.11 Å². The Morgan fingerprint density at radius 3 is 2.48 bits per heavy atom. The van der Waals surface area contributed by atoms with E-state index in [0.29, 0.717) is 16.7 Å². The number of hydrogen-bond donors (Lipinski definition) is 5. The maximum absolute atomic E-state index is 13.3. The molecule has 0 saturated heterocycles. The van der Waals surface area contributed by atoms with E-state index in [1.165, 1.54) is 24.3 Å². The van der Waals surface area contributed by atoms with Crippen LogP contribution in [0.2, 0.25) is 0 Å². The van der Waals surface area contributed by atoms with E-state index >= 15 is 0 Å². The molecule has 0 spiro atoms. The quantitative estimate of drug-likeness (QED) is 0.505. The van der Waals surface area contributed by atoms with Crippen LogP contribution < -0.4 is 10.6 Å². The van der Waals surface area contributed by atoms with Gasteiger partial charge in [-0.15, -0.1) is 0 Å². The number of nitrogens with one attached hydrogen (secondary N) is 2. The summed E-state index contributed by atoms with van der Waals surface area (Å²) in [6.45, 7) is 0.00124. The van der Waals surface area contributed by atoms with Gasteiger partial charge in [0, 0.05) is 6.54 Å².